The number of ether oxygens (including phenoxy) is 1. The highest BCUT2D eigenvalue weighted by molar-refractivity contribution is 14.0. The first-order valence-electron chi connectivity index (χ1n) is 9.23. The van der Waals surface area contributed by atoms with Crippen molar-refractivity contribution in [3.8, 4) is 5.75 Å². The number of benzene rings is 2. The van der Waals surface area contributed by atoms with E-state index < -0.39 is 6.10 Å². The number of hydrogen-bond donors (Lipinski definition) is 3. The normalized spacial score (nSPS) is 16.7. The number of nitrogens with one attached hydrogen (secondary N) is 2. The van der Waals surface area contributed by atoms with Gasteiger partial charge in [-0.2, -0.15) is 0 Å². The van der Waals surface area contributed by atoms with E-state index in [4.69, 9.17) is 4.74 Å². The maximum absolute atomic E-state index is 10.2. The molecule has 27 heavy (non-hydrogen) atoms. The summed E-state index contributed by atoms with van der Waals surface area (Å²) in [5, 5.41) is 16.8. The fraction of sp³-hybridized carbons (Fsp3) is 0.381. The number of aliphatic hydroxyl groups is 1. The molecule has 2 aromatic rings. The Morgan fingerprint density at radius 1 is 1.15 bits per heavy atom. The topological polar surface area (TPSA) is 65.9 Å². The van der Waals surface area contributed by atoms with Gasteiger partial charge in [0.05, 0.1) is 19.2 Å². The number of fused-ring (bicyclic) bond motifs is 1. The van der Waals surface area contributed by atoms with E-state index in [1.165, 1.54) is 5.56 Å². The van der Waals surface area contributed by atoms with Gasteiger partial charge in [-0.25, -0.2) is 0 Å². The molecule has 2 unspecified atom stereocenters. The molecule has 0 saturated carbocycles. The molecule has 6 heteroatoms. The summed E-state index contributed by atoms with van der Waals surface area (Å²) in [5.74, 6) is 1.68. The van der Waals surface area contributed by atoms with Gasteiger partial charge in [0, 0.05) is 19.4 Å². The second-order valence-corrected chi connectivity index (χ2v) is 6.50. The lowest BCUT2D eigenvalue weighted by molar-refractivity contribution is 0.183. The monoisotopic (exact) mass is 481 g/mol. The molecule has 1 aliphatic heterocycles. The van der Waals surface area contributed by atoms with Gasteiger partial charge in [-0.05, 0) is 24.1 Å². The van der Waals surface area contributed by atoms with Gasteiger partial charge in [0.25, 0.3) is 0 Å². The summed E-state index contributed by atoms with van der Waals surface area (Å²) in [6, 6.07) is 18.1. The van der Waals surface area contributed by atoms with Crippen LogP contribution in [0.1, 0.15) is 18.1 Å². The van der Waals surface area contributed by atoms with E-state index in [9.17, 15) is 5.11 Å². The number of guanidine groups is 1. The molecule has 3 N–H and O–H groups in total. The molecule has 3 rings (SSSR count). The van der Waals surface area contributed by atoms with Gasteiger partial charge < -0.3 is 20.5 Å². The molecule has 0 fully saturated rings. The van der Waals surface area contributed by atoms with Crippen molar-refractivity contribution < 1.29 is 9.84 Å². The summed E-state index contributed by atoms with van der Waals surface area (Å²) in [6.45, 7) is 3.83. The number of hydrogen-bond acceptors (Lipinski definition) is 3. The third kappa shape index (κ3) is 6.70. The third-order valence-corrected chi connectivity index (χ3v) is 4.33. The van der Waals surface area contributed by atoms with Crippen LogP contribution in [0.5, 0.6) is 5.75 Å². The average molecular weight is 481 g/mol. The Kier molecular flexibility index (Phi) is 8.87. The summed E-state index contributed by atoms with van der Waals surface area (Å²) in [4.78, 5) is 4.51. The van der Waals surface area contributed by atoms with Crippen LogP contribution in [-0.4, -0.2) is 42.9 Å². The highest BCUT2D eigenvalue weighted by atomic mass is 127. The molecular formula is C21H28IN3O2. The molecule has 0 amide bonds. The van der Waals surface area contributed by atoms with E-state index in [1.807, 2.05) is 55.5 Å². The molecule has 0 radical (unpaired) electrons. The van der Waals surface area contributed by atoms with Crippen molar-refractivity contribution in [2.75, 3.05) is 19.6 Å². The average Bonchev–Trinajstić information content (AvgIpc) is 3.08. The molecular weight excluding hydrogens is 453 g/mol. The number of aliphatic hydroxyl groups excluding tert-OH is 1. The molecule has 0 aromatic heterocycles. The highest BCUT2D eigenvalue weighted by Gasteiger charge is 2.22. The van der Waals surface area contributed by atoms with Crippen LogP contribution in [-0.2, 0) is 12.8 Å². The molecule has 1 heterocycles. The van der Waals surface area contributed by atoms with Crippen LogP contribution in [0.25, 0.3) is 0 Å². The van der Waals surface area contributed by atoms with Crippen molar-refractivity contribution in [1.29, 1.82) is 0 Å². The van der Waals surface area contributed by atoms with Crippen molar-refractivity contribution in [2.45, 2.75) is 32.0 Å². The Morgan fingerprint density at radius 3 is 2.63 bits per heavy atom. The van der Waals surface area contributed by atoms with E-state index in [2.05, 4.69) is 21.7 Å². The van der Waals surface area contributed by atoms with E-state index >= 15 is 0 Å². The molecule has 1 aliphatic rings. The fourth-order valence-electron chi connectivity index (χ4n) is 3.07. The summed E-state index contributed by atoms with van der Waals surface area (Å²) in [6.07, 6.45) is 1.11. The largest absolute Gasteiger partial charge is 0.488 e. The van der Waals surface area contributed by atoms with E-state index in [0.29, 0.717) is 25.5 Å². The molecule has 146 valence electrons. The number of halogens is 1. The van der Waals surface area contributed by atoms with E-state index in [0.717, 1.165) is 24.3 Å². The predicted octanol–water partition coefficient (Wildman–Crippen LogP) is 2.77. The van der Waals surface area contributed by atoms with Crippen LogP contribution in [0.15, 0.2) is 59.6 Å². The highest BCUT2D eigenvalue weighted by Crippen LogP contribution is 2.27. The fourth-order valence-corrected chi connectivity index (χ4v) is 3.07. The summed E-state index contributed by atoms with van der Waals surface area (Å²) in [7, 11) is 0. The van der Waals surface area contributed by atoms with Crippen LogP contribution in [0.3, 0.4) is 0 Å². The second kappa shape index (κ2) is 11.1. The quantitative estimate of drug-likeness (QED) is 0.324. The maximum Gasteiger partial charge on any atom is 0.191 e. The van der Waals surface area contributed by atoms with Gasteiger partial charge in [0.2, 0.25) is 0 Å². The number of nitrogens with zero attached hydrogens (tertiary/aromatic N) is 1. The molecule has 0 aliphatic carbocycles. The lowest BCUT2D eigenvalue weighted by atomic mass is 10.1. The zero-order chi connectivity index (χ0) is 18.2. The van der Waals surface area contributed by atoms with Crippen LogP contribution >= 0.6 is 24.0 Å². The van der Waals surface area contributed by atoms with Gasteiger partial charge in [-0.1, -0.05) is 48.5 Å². The molecule has 0 spiro atoms. The van der Waals surface area contributed by atoms with Gasteiger partial charge in [-0.15, -0.1) is 24.0 Å². The minimum atomic E-state index is -0.500. The minimum Gasteiger partial charge on any atom is -0.488 e. The van der Waals surface area contributed by atoms with Gasteiger partial charge >= 0.3 is 0 Å². The number of para-hydroxylation sites is 1. The van der Waals surface area contributed by atoms with Gasteiger partial charge in [-0.3, -0.25) is 4.99 Å². The Morgan fingerprint density at radius 2 is 1.89 bits per heavy atom. The first-order chi connectivity index (χ1) is 12.7. The van der Waals surface area contributed by atoms with E-state index in [1.54, 1.807) is 0 Å². The molecule has 0 bridgehead atoms. The Hall–Kier alpha value is -1.80. The second-order valence-electron chi connectivity index (χ2n) is 6.50. The van der Waals surface area contributed by atoms with Gasteiger partial charge in [0.15, 0.2) is 5.96 Å². The Balaban J connectivity index is 0.00000261. The lowest BCUT2D eigenvalue weighted by Gasteiger charge is -2.16. The first-order valence-corrected chi connectivity index (χ1v) is 9.23. The smallest absolute Gasteiger partial charge is 0.191 e. The minimum absolute atomic E-state index is 0. The zero-order valence-electron chi connectivity index (χ0n) is 15.6. The maximum atomic E-state index is 10.2. The van der Waals surface area contributed by atoms with Crippen molar-refractivity contribution in [3.05, 3.63) is 65.7 Å². The van der Waals surface area contributed by atoms with Crippen LogP contribution in [0.4, 0.5) is 0 Å². The van der Waals surface area contributed by atoms with Crippen molar-refractivity contribution in [3.63, 3.8) is 0 Å². The molecule has 0 saturated heterocycles. The van der Waals surface area contributed by atoms with Crippen LogP contribution < -0.4 is 15.4 Å². The number of aliphatic imine (C=N–C) groups is 1. The van der Waals surface area contributed by atoms with Crippen molar-refractivity contribution in [2.24, 2.45) is 4.99 Å². The lowest BCUT2D eigenvalue weighted by Crippen LogP contribution is -2.42. The Bertz CT molecular complexity index is 699. The summed E-state index contributed by atoms with van der Waals surface area (Å²) < 4.78 is 5.95. The third-order valence-electron chi connectivity index (χ3n) is 4.33. The van der Waals surface area contributed by atoms with E-state index in [-0.39, 0.29) is 30.1 Å². The Labute approximate surface area is 178 Å². The summed E-state index contributed by atoms with van der Waals surface area (Å²) >= 11 is 0. The molecule has 2 aromatic carbocycles. The molecule has 5 nitrogen and oxygen atoms in total. The predicted molar refractivity (Wildman–Crippen MR) is 120 cm³/mol. The SMILES string of the molecule is CCNC(=NCC(O)Cc1ccccc1)NCC1Cc2ccccc2O1.I. The van der Waals surface area contributed by atoms with Crippen molar-refractivity contribution >= 4 is 29.9 Å². The summed E-state index contributed by atoms with van der Waals surface area (Å²) in [5.41, 5.74) is 2.37. The van der Waals surface area contributed by atoms with Crippen molar-refractivity contribution in [1.82, 2.24) is 10.6 Å². The standard InChI is InChI=1S/C21H27N3O2.HI/c1-2-22-21(23-14-18(25)12-16-8-4-3-5-9-16)24-15-19-13-17-10-6-7-11-20(17)26-19;/h3-11,18-19,25H,2,12-15H2,1H3,(H2,22,23,24);1H. The number of rotatable bonds is 7. The van der Waals surface area contributed by atoms with Gasteiger partial charge in [0.1, 0.15) is 11.9 Å². The molecule has 2 atom stereocenters. The zero-order valence-corrected chi connectivity index (χ0v) is 17.9. The van der Waals surface area contributed by atoms with Crippen LogP contribution in [0, 0.1) is 0 Å². The van der Waals surface area contributed by atoms with Crippen LogP contribution in [0.2, 0.25) is 0 Å². The first kappa shape index (κ1) is 21.5.